The predicted molar refractivity (Wildman–Crippen MR) is 112 cm³/mol. The molecule has 0 spiro atoms. The van der Waals surface area contributed by atoms with Crippen LogP contribution in [0.2, 0.25) is 0 Å². The van der Waals surface area contributed by atoms with Crippen LogP contribution in [0, 0.1) is 0 Å². The molecular formula is C23H28O6. The lowest BCUT2D eigenvalue weighted by Gasteiger charge is -2.28. The topological polar surface area (TPSA) is 110 Å². The van der Waals surface area contributed by atoms with Crippen LogP contribution in [-0.4, -0.2) is 56.1 Å². The second kappa shape index (κ2) is 10.8. The average Bonchev–Trinajstić information content (AvgIpc) is 2.72. The molecule has 2 aromatic carbocycles. The number of rotatable bonds is 9. The maximum Gasteiger partial charge on any atom is 0.139 e. The number of ether oxygens (including phenoxy) is 1. The van der Waals surface area contributed by atoms with Crippen LogP contribution < -0.4 is 0 Å². The van der Waals surface area contributed by atoms with Gasteiger partial charge in [-0.2, -0.15) is 0 Å². The van der Waals surface area contributed by atoms with Crippen LogP contribution in [0.3, 0.4) is 0 Å². The number of hydrogen-bond donors (Lipinski definition) is 5. The molecule has 4 atom stereocenters. The van der Waals surface area contributed by atoms with Crippen molar-refractivity contribution in [1.82, 2.24) is 0 Å². The molecular weight excluding hydrogens is 372 g/mol. The summed E-state index contributed by atoms with van der Waals surface area (Å²) in [4.78, 5) is 0. The first-order valence-electron chi connectivity index (χ1n) is 9.40. The Kier molecular flexibility index (Phi) is 8.42. The van der Waals surface area contributed by atoms with Crippen molar-refractivity contribution >= 4 is 12.2 Å². The predicted octanol–water partition coefficient (Wildman–Crippen LogP) is 2.50. The summed E-state index contributed by atoms with van der Waals surface area (Å²) in [5, 5.41) is 51.6. The van der Waals surface area contributed by atoms with Gasteiger partial charge in [0.2, 0.25) is 0 Å². The van der Waals surface area contributed by atoms with Gasteiger partial charge in [0.1, 0.15) is 35.9 Å². The Morgan fingerprint density at radius 2 is 1.17 bits per heavy atom. The fourth-order valence-electron chi connectivity index (χ4n) is 2.70. The van der Waals surface area contributed by atoms with Gasteiger partial charge in [-0.15, -0.1) is 0 Å². The Morgan fingerprint density at radius 3 is 1.66 bits per heavy atom. The standard InChI is InChI=1S/C23H28O6/c1-15(2)29-19(14-17-11-7-4-8-12-17)21(26)23(28)22(27)20(25)18(24)13-16-9-5-3-6-10-16/h3-15,20-28H,1-2H3/t20-,21+,22-,23-/m1/s1. The van der Waals surface area contributed by atoms with E-state index >= 15 is 0 Å². The molecule has 0 saturated carbocycles. The molecule has 156 valence electrons. The Hall–Kier alpha value is -2.64. The van der Waals surface area contributed by atoms with Crippen molar-refractivity contribution in [3.8, 4) is 0 Å². The van der Waals surface area contributed by atoms with Crippen molar-refractivity contribution in [2.45, 2.75) is 44.4 Å². The quantitative estimate of drug-likeness (QED) is 0.414. The third-order valence-corrected chi connectivity index (χ3v) is 4.19. The summed E-state index contributed by atoms with van der Waals surface area (Å²) in [5.41, 5.74) is 1.34. The molecule has 0 unspecified atom stereocenters. The van der Waals surface area contributed by atoms with Gasteiger partial charge in [-0.05, 0) is 37.1 Å². The second-order valence-electron chi connectivity index (χ2n) is 6.97. The monoisotopic (exact) mass is 400 g/mol. The molecule has 0 amide bonds. The molecule has 0 heterocycles. The van der Waals surface area contributed by atoms with Crippen molar-refractivity contribution in [2.75, 3.05) is 0 Å². The minimum atomic E-state index is -1.85. The van der Waals surface area contributed by atoms with Crippen molar-refractivity contribution in [1.29, 1.82) is 0 Å². The lowest BCUT2D eigenvalue weighted by Crippen LogP contribution is -2.46. The minimum Gasteiger partial charge on any atom is -0.509 e. The van der Waals surface area contributed by atoms with Gasteiger partial charge in [-0.25, -0.2) is 0 Å². The zero-order valence-corrected chi connectivity index (χ0v) is 16.5. The number of hydrogen-bond acceptors (Lipinski definition) is 6. The Bertz CT molecular complexity index is 801. The minimum absolute atomic E-state index is 0.0384. The molecule has 29 heavy (non-hydrogen) atoms. The van der Waals surface area contributed by atoms with Crippen molar-refractivity contribution < 1.29 is 30.3 Å². The maximum absolute atomic E-state index is 10.6. The molecule has 5 N–H and O–H groups in total. The molecule has 6 nitrogen and oxygen atoms in total. The van der Waals surface area contributed by atoms with Crippen LogP contribution in [0.5, 0.6) is 0 Å². The van der Waals surface area contributed by atoms with E-state index in [1.54, 1.807) is 62.4 Å². The molecule has 0 aliphatic heterocycles. The molecule has 0 aliphatic rings. The van der Waals surface area contributed by atoms with E-state index in [2.05, 4.69) is 0 Å². The molecule has 0 aromatic heterocycles. The van der Waals surface area contributed by atoms with Crippen molar-refractivity contribution in [3.05, 3.63) is 83.3 Å². The van der Waals surface area contributed by atoms with Gasteiger partial charge >= 0.3 is 0 Å². The van der Waals surface area contributed by atoms with Gasteiger partial charge in [0, 0.05) is 0 Å². The molecule has 0 saturated heterocycles. The summed E-state index contributed by atoms with van der Waals surface area (Å²) < 4.78 is 5.60. The second-order valence-corrected chi connectivity index (χ2v) is 6.97. The van der Waals surface area contributed by atoms with Crippen LogP contribution in [-0.2, 0) is 4.74 Å². The molecule has 0 aliphatic carbocycles. The smallest absolute Gasteiger partial charge is 0.139 e. The van der Waals surface area contributed by atoms with Crippen LogP contribution in [0.15, 0.2) is 72.2 Å². The Balaban J connectivity index is 2.19. The first-order valence-corrected chi connectivity index (χ1v) is 9.40. The van der Waals surface area contributed by atoms with Gasteiger partial charge in [0.05, 0.1) is 6.10 Å². The highest BCUT2D eigenvalue weighted by molar-refractivity contribution is 5.53. The molecule has 2 aromatic rings. The van der Waals surface area contributed by atoms with Gasteiger partial charge in [0.15, 0.2) is 0 Å². The number of benzene rings is 2. The zero-order chi connectivity index (χ0) is 21.4. The van der Waals surface area contributed by atoms with E-state index in [1.807, 2.05) is 18.2 Å². The first-order chi connectivity index (χ1) is 13.8. The lowest BCUT2D eigenvalue weighted by atomic mass is 9.98. The van der Waals surface area contributed by atoms with Crippen LogP contribution in [0.25, 0.3) is 12.2 Å². The highest BCUT2D eigenvalue weighted by Gasteiger charge is 2.35. The number of aliphatic hydroxyl groups excluding tert-OH is 5. The van der Waals surface area contributed by atoms with Crippen LogP contribution in [0.4, 0.5) is 0 Å². The molecule has 0 radical (unpaired) electrons. The third kappa shape index (κ3) is 6.73. The summed E-state index contributed by atoms with van der Waals surface area (Å²) in [7, 11) is 0. The van der Waals surface area contributed by atoms with Crippen molar-refractivity contribution in [3.63, 3.8) is 0 Å². The average molecular weight is 400 g/mol. The van der Waals surface area contributed by atoms with Crippen LogP contribution >= 0.6 is 0 Å². The molecule has 0 fully saturated rings. The van der Waals surface area contributed by atoms with Gasteiger partial charge in [-0.3, -0.25) is 0 Å². The van der Waals surface area contributed by atoms with E-state index in [-0.39, 0.29) is 11.9 Å². The highest BCUT2D eigenvalue weighted by atomic mass is 16.5. The van der Waals surface area contributed by atoms with E-state index in [0.29, 0.717) is 5.56 Å². The normalized spacial score (nSPS) is 16.9. The van der Waals surface area contributed by atoms with E-state index < -0.39 is 30.2 Å². The third-order valence-electron chi connectivity index (χ3n) is 4.19. The van der Waals surface area contributed by atoms with Gasteiger partial charge < -0.3 is 30.3 Å². The first kappa shape index (κ1) is 22.6. The number of aliphatic hydroxyl groups is 5. The van der Waals surface area contributed by atoms with Crippen LogP contribution in [0.1, 0.15) is 25.0 Å². The van der Waals surface area contributed by atoms with Crippen molar-refractivity contribution in [2.24, 2.45) is 0 Å². The molecule has 6 heteroatoms. The summed E-state index contributed by atoms with van der Waals surface area (Å²) in [5.74, 6) is -0.496. The summed E-state index contributed by atoms with van der Waals surface area (Å²) in [6, 6.07) is 17.8. The summed E-state index contributed by atoms with van der Waals surface area (Å²) in [6.07, 6.45) is -4.53. The molecule has 0 bridgehead atoms. The lowest BCUT2D eigenvalue weighted by molar-refractivity contribution is -0.105. The summed E-state index contributed by atoms with van der Waals surface area (Å²) >= 11 is 0. The van der Waals surface area contributed by atoms with E-state index in [4.69, 9.17) is 4.74 Å². The van der Waals surface area contributed by atoms with E-state index in [0.717, 1.165) is 5.56 Å². The Labute approximate surface area is 170 Å². The van der Waals surface area contributed by atoms with E-state index in [1.165, 1.54) is 6.08 Å². The Morgan fingerprint density at radius 1 is 0.724 bits per heavy atom. The SMILES string of the molecule is CC(C)OC(=Cc1ccccc1)[C@H](O)[C@@H](O)[C@H](O)[C@H](O)C(O)=Cc1ccccc1. The zero-order valence-electron chi connectivity index (χ0n) is 16.5. The van der Waals surface area contributed by atoms with Gasteiger partial charge in [0.25, 0.3) is 0 Å². The van der Waals surface area contributed by atoms with E-state index in [9.17, 15) is 25.5 Å². The fourth-order valence-corrected chi connectivity index (χ4v) is 2.70. The summed E-state index contributed by atoms with van der Waals surface area (Å²) in [6.45, 7) is 3.52. The molecule has 2 rings (SSSR count). The fraction of sp³-hybridized carbons (Fsp3) is 0.304. The highest BCUT2D eigenvalue weighted by Crippen LogP contribution is 2.21. The van der Waals surface area contributed by atoms with Gasteiger partial charge in [-0.1, -0.05) is 60.7 Å². The largest absolute Gasteiger partial charge is 0.509 e. The maximum atomic E-state index is 10.6.